The smallest absolute Gasteiger partial charge is 0.306 e. The second-order valence-corrected chi connectivity index (χ2v) is 5.39. The summed E-state index contributed by atoms with van der Waals surface area (Å²) in [5.41, 5.74) is 0. The third-order valence-electron chi connectivity index (χ3n) is 3.88. The maximum absolute atomic E-state index is 11.8. The highest BCUT2D eigenvalue weighted by Gasteiger charge is 2.23. The Morgan fingerprint density at radius 1 is 1.24 bits per heavy atom. The number of nitrogens with zero attached hydrogens (tertiary/aromatic N) is 1. The molecule has 98 valence electrons. The maximum Gasteiger partial charge on any atom is 0.306 e. The van der Waals surface area contributed by atoms with E-state index in [2.05, 4.69) is 17.3 Å². The highest BCUT2D eigenvalue weighted by Crippen LogP contribution is 2.19. The van der Waals surface area contributed by atoms with Gasteiger partial charge in [0.1, 0.15) is 6.10 Å². The fraction of sp³-hybridized carbons (Fsp3) is 0.923. The van der Waals surface area contributed by atoms with Crippen LogP contribution in [0, 0.1) is 5.92 Å². The van der Waals surface area contributed by atoms with E-state index < -0.39 is 0 Å². The topological polar surface area (TPSA) is 41.6 Å². The van der Waals surface area contributed by atoms with Crippen molar-refractivity contribution in [1.29, 1.82) is 0 Å². The Bertz CT molecular complexity index is 244. The van der Waals surface area contributed by atoms with Crippen molar-refractivity contribution in [3.05, 3.63) is 0 Å². The van der Waals surface area contributed by atoms with Gasteiger partial charge in [0.2, 0.25) is 0 Å². The van der Waals surface area contributed by atoms with Gasteiger partial charge in [-0.1, -0.05) is 0 Å². The zero-order valence-electron chi connectivity index (χ0n) is 10.8. The van der Waals surface area contributed by atoms with Gasteiger partial charge in [-0.15, -0.1) is 0 Å². The minimum absolute atomic E-state index is 0.0199. The molecule has 0 aromatic heterocycles. The van der Waals surface area contributed by atoms with E-state index in [0.717, 1.165) is 51.9 Å². The van der Waals surface area contributed by atoms with Crippen LogP contribution in [0.25, 0.3) is 0 Å². The highest BCUT2D eigenvalue weighted by molar-refractivity contribution is 5.69. The van der Waals surface area contributed by atoms with Crippen LogP contribution in [0.15, 0.2) is 0 Å². The minimum Gasteiger partial charge on any atom is -0.462 e. The van der Waals surface area contributed by atoms with Crippen LogP contribution in [-0.2, 0) is 9.53 Å². The number of nitrogens with one attached hydrogen (secondary N) is 1. The number of carbonyl (C=O) groups is 1. The van der Waals surface area contributed by atoms with Crippen molar-refractivity contribution in [2.24, 2.45) is 5.92 Å². The maximum atomic E-state index is 11.8. The molecule has 1 N–H and O–H groups in total. The second-order valence-electron chi connectivity index (χ2n) is 5.39. The van der Waals surface area contributed by atoms with Crippen molar-refractivity contribution in [2.45, 2.75) is 38.2 Å². The monoisotopic (exact) mass is 240 g/mol. The minimum atomic E-state index is 0.0199. The molecular formula is C13H24N2O2. The zero-order chi connectivity index (χ0) is 12.1. The number of esters is 1. The van der Waals surface area contributed by atoms with Crippen LogP contribution in [0.2, 0.25) is 0 Å². The van der Waals surface area contributed by atoms with E-state index in [0.29, 0.717) is 12.3 Å². The first-order chi connectivity index (χ1) is 8.24. The molecule has 0 aliphatic carbocycles. The van der Waals surface area contributed by atoms with Gasteiger partial charge in [-0.25, -0.2) is 0 Å². The summed E-state index contributed by atoms with van der Waals surface area (Å²) in [6.07, 6.45) is 5.00. The van der Waals surface area contributed by atoms with Gasteiger partial charge in [-0.05, 0) is 51.7 Å². The molecule has 4 heteroatoms. The van der Waals surface area contributed by atoms with Gasteiger partial charge in [0.05, 0.1) is 0 Å². The summed E-state index contributed by atoms with van der Waals surface area (Å²) < 4.78 is 5.56. The summed E-state index contributed by atoms with van der Waals surface area (Å²) in [6.45, 7) is 4.19. The van der Waals surface area contributed by atoms with Crippen molar-refractivity contribution in [3.8, 4) is 0 Å². The van der Waals surface area contributed by atoms with E-state index in [1.807, 2.05) is 0 Å². The van der Waals surface area contributed by atoms with E-state index in [4.69, 9.17) is 4.74 Å². The van der Waals surface area contributed by atoms with Gasteiger partial charge in [-0.2, -0.15) is 0 Å². The molecule has 0 amide bonds. The molecule has 17 heavy (non-hydrogen) atoms. The molecule has 2 rings (SSSR count). The lowest BCUT2D eigenvalue weighted by atomic mass is 9.95. The number of hydrogen-bond donors (Lipinski definition) is 1. The molecule has 0 unspecified atom stereocenters. The molecule has 2 heterocycles. The zero-order valence-corrected chi connectivity index (χ0v) is 10.8. The first-order valence-corrected chi connectivity index (χ1v) is 6.83. The van der Waals surface area contributed by atoms with Gasteiger partial charge in [0.25, 0.3) is 0 Å². The molecule has 0 atom stereocenters. The van der Waals surface area contributed by atoms with E-state index in [1.54, 1.807) is 0 Å². The normalized spacial score (nSPS) is 24.8. The Kier molecular flexibility index (Phi) is 4.80. The summed E-state index contributed by atoms with van der Waals surface area (Å²) in [6, 6.07) is 0. The number of hydrogen-bond acceptors (Lipinski definition) is 4. The van der Waals surface area contributed by atoms with Crippen LogP contribution in [0.3, 0.4) is 0 Å². The van der Waals surface area contributed by atoms with Crippen molar-refractivity contribution < 1.29 is 9.53 Å². The molecule has 0 aromatic rings. The van der Waals surface area contributed by atoms with E-state index in [1.165, 1.54) is 0 Å². The van der Waals surface area contributed by atoms with Crippen LogP contribution in [-0.4, -0.2) is 50.2 Å². The number of carbonyl (C=O) groups excluding carboxylic acids is 1. The van der Waals surface area contributed by atoms with Crippen molar-refractivity contribution in [3.63, 3.8) is 0 Å². The van der Waals surface area contributed by atoms with E-state index >= 15 is 0 Å². The Morgan fingerprint density at radius 2 is 1.88 bits per heavy atom. The molecule has 0 saturated carbocycles. The van der Waals surface area contributed by atoms with E-state index in [-0.39, 0.29) is 12.1 Å². The third kappa shape index (κ3) is 4.28. The van der Waals surface area contributed by atoms with Gasteiger partial charge < -0.3 is 15.0 Å². The van der Waals surface area contributed by atoms with Crippen LogP contribution < -0.4 is 5.32 Å². The van der Waals surface area contributed by atoms with Gasteiger partial charge >= 0.3 is 5.97 Å². The summed E-state index contributed by atoms with van der Waals surface area (Å²) in [5, 5.41) is 3.32. The van der Waals surface area contributed by atoms with Crippen LogP contribution in [0.5, 0.6) is 0 Å². The van der Waals surface area contributed by atoms with E-state index in [9.17, 15) is 4.79 Å². The predicted octanol–water partition coefficient (Wildman–Crippen LogP) is 1.01. The fourth-order valence-electron chi connectivity index (χ4n) is 2.66. The van der Waals surface area contributed by atoms with Crippen molar-refractivity contribution >= 4 is 5.97 Å². The van der Waals surface area contributed by atoms with Crippen LogP contribution >= 0.6 is 0 Å². The SMILES string of the molecule is CN1CCC(OC(=O)CC2CCNCC2)CC1. The lowest BCUT2D eigenvalue weighted by Crippen LogP contribution is -2.36. The molecule has 2 aliphatic heterocycles. The summed E-state index contributed by atoms with van der Waals surface area (Å²) in [7, 11) is 2.12. The van der Waals surface area contributed by atoms with Crippen molar-refractivity contribution in [2.75, 3.05) is 33.2 Å². The van der Waals surface area contributed by atoms with Gasteiger partial charge in [0, 0.05) is 19.5 Å². The standard InChI is InChI=1S/C13H24N2O2/c1-15-8-4-12(5-9-15)17-13(16)10-11-2-6-14-7-3-11/h11-12,14H,2-10H2,1H3. The molecule has 2 aliphatic rings. The third-order valence-corrected chi connectivity index (χ3v) is 3.88. The number of ether oxygens (including phenoxy) is 1. The average Bonchev–Trinajstić information content (AvgIpc) is 2.33. The first-order valence-electron chi connectivity index (χ1n) is 6.83. The number of piperidine rings is 2. The average molecular weight is 240 g/mol. The first kappa shape index (κ1) is 12.8. The van der Waals surface area contributed by atoms with Gasteiger partial charge in [0.15, 0.2) is 0 Å². The molecule has 0 bridgehead atoms. The largest absolute Gasteiger partial charge is 0.462 e. The number of likely N-dealkylation sites (tertiary alicyclic amines) is 1. The van der Waals surface area contributed by atoms with Crippen LogP contribution in [0.1, 0.15) is 32.1 Å². The Morgan fingerprint density at radius 3 is 2.53 bits per heavy atom. The molecule has 0 radical (unpaired) electrons. The summed E-state index contributed by atoms with van der Waals surface area (Å²) in [4.78, 5) is 14.1. The lowest BCUT2D eigenvalue weighted by Gasteiger charge is -2.29. The Hall–Kier alpha value is -0.610. The highest BCUT2D eigenvalue weighted by atomic mass is 16.5. The predicted molar refractivity (Wildman–Crippen MR) is 66.8 cm³/mol. The summed E-state index contributed by atoms with van der Waals surface area (Å²) in [5.74, 6) is 0.557. The lowest BCUT2D eigenvalue weighted by molar-refractivity contribution is -0.152. The molecule has 0 aromatic carbocycles. The second kappa shape index (κ2) is 6.36. The molecule has 2 fully saturated rings. The molecule has 2 saturated heterocycles. The fourth-order valence-corrected chi connectivity index (χ4v) is 2.66. The van der Waals surface area contributed by atoms with Gasteiger partial charge in [-0.3, -0.25) is 4.79 Å². The number of rotatable bonds is 3. The summed E-state index contributed by atoms with van der Waals surface area (Å²) >= 11 is 0. The molecular weight excluding hydrogens is 216 g/mol. The van der Waals surface area contributed by atoms with Crippen molar-refractivity contribution in [1.82, 2.24) is 10.2 Å². The quantitative estimate of drug-likeness (QED) is 0.748. The Labute approximate surface area is 104 Å². The Balaban J connectivity index is 1.66. The molecule has 0 spiro atoms. The van der Waals surface area contributed by atoms with Crippen LogP contribution in [0.4, 0.5) is 0 Å². The molecule has 4 nitrogen and oxygen atoms in total.